The van der Waals surface area contributed by atoms with E-state index >= 15 is 0 Å². The molecule has 8 nitrogen and oxygen atoms in total. The Labute approximate surface area is 206 Å². The van der Waals surface area contributed by atoms with Gasteiger partial charge in [0.15, 0.2) is 11.5 Å². The number of benzene rings is 2. The number of carbonyl (C=O) groups excluding carboxylic acids is 2. The number of ketones is 1. The first-order chi connectivity index (χ1) is 16.8. The van der Waals surface area contributed by atoms with Gasteiger partial charge in [-0.2, -0.15) is 0 Å². The Morgan fingerprint density at radius 1 is 1.03 bits per heavy atom. The molecule has 3 rings (SSSR count). The Bertz CT molecular complexity index is 1080. The number of hydrogen-bond donors (Lipinski definition) is 1. The van der Waals surface area contributed by atoms with Crippen LogP contribution in [0, 0.1) is 0 Å². The van der Waals surface area contributed by atoms with Gasteiger partial charge in [0.25, 0.3) is 11.7 Å². The van der Waals surface area contributed by atoms with Gasteiger partial charge in [-0.05, 0) is 75.4 Å². The number of amides is 1. The molecule has 1 saturated heterocycles. The summed E-state index contributed by atoms with van der Waals surface area (Å²) in [6.45, 7) is 3.72. The number of Topliss-reactive ketones (excluding diaryl/α,β-unsaturated/α-hetero) is 1. The highest BCUT2D eigenvalue weighted by Gasteiger charge is 2.46. The Balaban J connectivity index is 2.08. The minimum absolute atomic E-state index is 0.0503. The lowest BCUT2D eigenvalue weighted by Crippen LogP contribution is -2.32. The van der Waals surface area contributed by atoms with Gasteiger partial charge in [-0.15, -0.1) is 0 Å². The smallest absolute Gasteiger partial charge is 0.295 e. The highest BCUT2D eigenvalue weighted by molar-refractivity contribution is 6.46. The van der Waals surface area contributed by atoms with Gasteiger partial charge >= 0.3 is 0 Å². The van der Waals surface area contributed by atoms with Crippen LogP contribution in [-0.2, 0) is 9.59 Å². The molecule has 0 radical (unpaired) electrons. The summed E-state index contributed by atoms with van der Waals surface area (Å²) in [5.41, 5.74) is 1.14. The minimum atomic E-state index is -0.756. The molecule has 0 spiro atoms. The molecule has 2 aromatic rings. The summed E-state index contributed by atoms with van der Waals surface area (Å²) in [5.74, 6) is 0.112. The Morgan fingerprint density at radius 2 is 1.71 bits per heavy atom. The molecule has 2 aromatic carbocycles. The highest BCUT2D eigenvalue weighted by atomic mass is 16.5. The summed E-state index contributed by atoms with van der Waals surface area (Å²) in [4.78, 5) is 29.8. The lowest BCUT2D eigenvalue weighted by molar-refractivity contribution is -0.139. The number of rotatable bonds is 11. The fourth-order valence-corrected chi connectivity index (χ4v) is 4.12. The van der Waals surface area contributed by atoms with Gasteiger partial charge in [-0.25, -0.2) is 0 Å². The fraction of sp³-hybridized carbons (Fsp3) is 0.407. The van der Waals surface area contributed by atoms with Crippen molar-refractivity contribution in [3.05, 3.63) is 59.2 Å². The molecule has 1 N–H and O–H groups in total. The molecule has 8 heteroatoms. The number of ether oxygens (including phenoxy) is 3. The maximum absolute atomic E-state index is 13.2. The molecule has 0 unspecified atom stereocenters. The largest absolute Gasteiger partial charge is 0.507 e. The van der Waals surface area contributed by atoms with Crippen molar-refractivity contribution in [2.24, 2.45) is 0 Å². The van der Waals surface area contributed by atoms with E-state index in [0.717, 1.165) is 13.0 Å². The number of aliphatic hydroxyl groups excluding tert-OH is 1. The lowest BCUT2D eigenvalue weighted by atomic mass is 9.95. The zero-order chi connectivity index (χ0) is 25.5. The fourth-order valence-electron chi connectivity index (χ4n) is 4.12. The van der Waals surface area contributed by atoms with Crippen LogP contribution in [0.4, 0.5) is 0 Å². The van der Waals surface area contributed by atoms with Crippen molar-refractivity contribution in [3.63, 3.8) is 0 Å². The average molecular weight is 483 g/mol. The van der Waals surface area contributed by atoms with Gasteiger partial charge in [-0.1, -0.05) is 13.0 Å². The molecule has 0 bridgehead atoms. The maximum atomic E-state index is 13.2. The first-order valence-corrected chi connectivity index (χ1v) is 11.7. The average Bonchev–Trinajstić information content (AvgIpc) is 3.11. The molecule has 0 aliphatic carbocycles. The number of nitrogens with zero attached hydrogens (tertiary/aromatic N) is 2. The Morgan fingerprint density at radius 3 is 2.31 bits per heavy atom. The molecular weight excluding hydrogens is 448 g/mol. The highest BCUT2D eigenvalue weighted by Crippen LogP contribution is 2.42. The monoisotopic (exact) mass is 482 g/mol. The number of hydrogen-bond acceptors (Lipinski definition) is 7. The van der Waals surface area contributed by atoms with Gasteiger partial charge < -0.3 is 29.1 Å². The van der Waals surface area contributed by atoms with Crippen LogP contribution in [0.5, 0.6) is 17.2 Å². The molecule has 1 fully saturated rings. The van der Waals surface area contributed by atoms with Crippen molar-refractivity contribution in [3.8, 4) is 17.2 Å². The van der Waals surface area contributed by atoms with Crippen LogP contribution in [-0.4, -0.2) is 74.6 Å². The Kier molecular flexibility index (Phi) is 8.76. The van der Waals surface area contributed by atoms with Crippen LogP contribution in [0.3, 0.4) is 0 Å². The zero-order valence-electron chi connectivity index (χ0n) is 21.0. The predicted octanol–water partition coefficient (Wildman–Crippen LogP) is 3.87. The number of methoxy groups -OCH3 is 2. The Hall–Kier alpha value is -3.52. The maximum Gasteiger partial charge on any atom is 0.295 e. The van der Waals surface area contributed by atoms with Crippen molar-refractivity contribution in [1.29, 1.82) is 0 Å². The van der Waals surface area contributed by atoms with E-state index in [9.17, 15) is 14.7 Å². The van der Waals surface area contributed by atoms with Crippen LogP contribution in [0.2, 0.25) is 0 Å². The molecule has 1 aliphatic heterocycles. The molecule has 1 aliphatic rings. The molecule has 35 heavy (non-hydrogen) atoms. The third-order valence-electron chi connectivity index (χ3n) is 5.87. The van der Waals surface area contributed by atoms with E-state index in [-0.39, 0.29) is 11.3 Å². The van der Waals surface area contributed by atoms with Crippen molar-refractivity contribution in [2.75, 3.05) is 48.0 Å². The molecule has 0 saturated carbocycles. The summed E-state index contributed by atoms with van der Waals surface area (Å²) in [6.07, 6.45) is 1.55. The standard InChI is InChI=1S/C27H34N2O6/c1-6-16-35-20-11-8-18(9-12-20)25(30)23-24(19-10-13-21(33-4)22(17-19)34-5)29(27(32)26(23)31)15-7-14-28(2)3/h8-13,17,24,30H,6-7,14-16H2,1-5H3/b25-23+/t24-/m1/s1. The summed E-state index contributed by atoms with van der Waals surface area (Å²) in [5, 5.41) is 11.2. The first-order valence-electron chi connectivity index (χ1n) is 11.7. The topological polar surface area (TPSA) is 88.5 Å². The van der Waals surface area contributed by atoms with Gasteiger partial charge in [0, 0.05) is 12.1 Å². The third kappa shape index (κ3) is 5.77. The van der Waals surface area contributed by atoms with E-state index in [1.807, 2.05) is 25.9 Å². The second-order valence-electron chi connectivity index (χ2n) is 8.64. The molecule has 0 aromatic heterocycles. The predicted molar refractivity (Wildman–Crippen MR) is 134 cm³/mol. The van der Waals surface area contributed by atoms with Crippen molar-refractivity contribution in [1.82, 2.24) is 9.80 Å². The molecule has 1 atom stereocenters. The van der Waals surface area contributed by atoms with E-state index < -0.39 is 17.7 Å². The summed E-state index contributed by atoms with van der Waals surface area (Å²) < 4.78 is 16.4. The quantitative estimate of drug-likeness (QED) is 0.296. The minimum Gasteiger partial charge on any atom is -0.507 e. The van der Waals surface area contributed by atoms with E-state index in [1.165, 1.54) is 12.0 Å². The van der Waals surface area contributed by atoms with Crippen molar-refractivity contribution >= 4 is 17.4 Å². The molecule has 188 valence electrons. The van der Waals surface area contributed by atoms with E-state index in [4.69, 9.17) is 14.2 Å². The summed E-state index contributed by atoms with van der Waals surface area (Å²) >= 11 is 0. The first kappa shape index (κ1) is 26.1. The summed E-state index contributed by atoms with van der Waals surface area (Å²) in [7, 11) is 6.97. The van der Waals surface area contributed by atoms with E-state index in [2.05, 4.69) is 0 Å². The SMILES string of the molecule is CCCOc1ccc(/C(O)=C2\C(=O)C(=O)N(CCCN(C)C)[C@@H]2c2ccc(OC)c(OC)c2)cc1. The van der Waals surface area contributed by atoms with Gasteiger partial charge in [0.1, 0.15) is 11.5 Å². The number of aliphatic hydroxyl groups is 1. The normalized spacial score (nSPS) is 17.2. The molecule has 1 heterocycles. The second-order valence-corrected chi connectivity index (χ2v) is 8.64. The zero-order valence-corrected chi connectivity index (χ0v) is 21.0. The molecule has 1 amide bonds. The van der Waals surface area contributed by atoms with Gasteiger partial charge in [0.2, 0.25) is 0 Å². The van der Waals surface area contributed by atoms with Crippen LogP contribution < -0.4 is 14.2 Å². The van der Waals surface area contributed by atoms with Crippen LogP contribution in [0.1, 0.15) is 36.9 Å². The number of likely N-dealkylation sites (tertiary alicyclic amines) is 1. The van der Waals surface area contributed by atoms with Gasteiger partial charge in [0.05, 0.1) is 32.4 Å². The summed E-state index contributed by atoms with van der Waals surface area (Å²) in [6, 6.07) is 11.3. The number of carbonyl (C=O) groups is 2. The van der Waals surface area contributed by atoms with Crippen molar-refractivity contribution < 1.29 is 28.9 Å². The van der Waals surface area contributed by atoms with Crippen molar-refractivity contribution in [2.45, 2.75) is 25.8 Å². The van der Waals surface area contributed by atoms with Gasteiger partial charge in [-0.3, -0.25) is 9.59 Å². The van der Waals surface area contributed by atoms with Crippen LogP contribution in [0.25, 0.3) is 5.76 Å². The molecular formula is C27H34N2O6. The van der Waals surface area contributed by atoms with Crippen LogP contribution >= 0.6 is 0 Å². The van der Waals surface area contributed by atoms with E-state index in [0.29, 0.717) is 47.9 Å². The van der Waals surface area contributed by atoms with E-state index in [1.54, 1.807) is 49.6 Å². The second kappa shape index (κ2) is 11.8. The third-order valence-corrected chi connectivity index (χ3v) is 5.87. The lowest BCUT2D eigenvalue weighted by Gasteiger charge is -2.26. The van der Waals surface area contributed by atoms with Crippen LogP contribution in [0.15, 0.2) is 48.0 Å².